The summed E-state index contributed by atoms with van der Waals surface area (Å²) in [5.74, 6) is 0.00115. The molecule has 2 amide bonds. The minimum Gasteiger partial charge on any atom is -0.496 e. The molecule has 0 aliphatic rings. The molecule has 0 saturated heterocycles. The van der Waals surface area contributed by atoms with Crippen LogP contribution < -0.4 is 19.5 Å². The number of aromatic nitrogens is 3. The van der Waals surface area contributed by atoms with Gasteiger partial charge in [-0.15, -0.1) is 0 Å². The van der Waals surface area contributed by atoms with Crippen molar-refractivity contribution in [3.63, 3.8) is 0 Å². The Labute approximate surface area is 178 Å². The van der Waals surface area contributed by atoms with Gasteiger partial charge < -0.3 is 9.47 Å². The molecule has 0 saturated carbocycles. The molecule has 0 spiro atoms. The van der Waals surface area contributed by atoms with Crippen molar-refractivity contribution in [3.8, 4) is 11.6 Å². The molecule has 2 N–H and O–H groups in total. The number of hydrogen-bond donors (Lipinski definition) is 2. The molecule has 3 heterocycles. The maximum atomic E-state index is 13.0. The van der Waals surface area contributed by atoms with E-state index in [9.17, 15) is 21.6 Å². The van der Waals surface area contributed by atoms with Crippen molar-refractivity contribution in [3.05, 3.63) is 36.5 Å². The summed E-state index contributed by atoms with van der Waals surface area (Å²) in [6.07, 6.45) is 1.33. The fraction of sp³-hybridized carbons (Fsp3) is 0.235. The Morgan fingerprint density at radius 2 is 1.84 bits per heavy atom. The van der Waals surface area contributed by atoms with Gasteiger partial charge in [-0.25, -0.2) is 22.9 Å². The van der Waals surface area contributed by atoms with Gasteiger partial charge in [0, 0.05) is 18.3 Å². The highest BCUT2D eigenvalue weighted by molar-refractivity contribution is 7.93. The van der Waals surface area contributed by atoms with Gasteiger partial charge in [-0.05, 0) is 12.1 Å². The van der Waals surface area contributed by atoms with E-state index in [0.717, 1.165) is 4.40 Å². The minimum atomic E-state index is -4.65. The first kappa shape index (κ1) is 22.3. The number of amides is 2. The van der Waals surface area contributed by atoms with E-state index < -0.39 is 35.9 Å². The quantitative estimate of drug-likeness (QED) is 0.516. The number of sulfonamides is 1. The molecule has 14 heteroatoms. The highest BCUT2D eigenvalue weighted by Crippen LogP contribution is 2.24. The second-order valence-electron chi connectivity index (χ2n) is 6.05. The molecule has 0 aliphatic carbocycles. The largest absolute Gasteiger partial charge is 0.496 e. The van der Waals surface area contributed by atoms with Crippen LogP contribution in [0.5, 0.6) is 11.6 Å². The van der Waals surface area contributed by atoms with Crippen molar-refractivity contribution < 1.29 is 31.1 Å². The third-order valence-corrected chi connectivity index (χ3v) is 7.19. The smallest absolute Gasteiger partial charge is 0.334 e. The van der Waals surface area contributed by atoms with Crippen molar-refractivity contribution in [2.24, 2.45) is 0 Å². The average molecular weight is 470 g/mol. The van der Waals surface area contributed by atoms with E-state index >= 15 is 0 Å². The van der Waals surface area contributed by atoms with Gasteiger partial charge in [0.15, 0.2) is 19.9 Å². The first-order chi connectivity index (χ1) is 14.6. The summed E-state index contributed by atoms with van der Waals surface area (Å²) >= 11 is 0. The zero-order valence-corrected chi connectivity index (χ0v) is 18.3. The molecule has 0 aromatic carbocycles. The number of carbonyl (C=O) groups excluding carboxylic acids is 1. The van der Waals surface area contributed by atoms with Crippen molar-refractivity contribution in [2.45, 2.75) is 17.0 Å². The number of methoxy groups -OCH3 is 2. The van der Waals surface area contributed by atoms with Crippen LogP contribution in [-0.4, -0.2) is 57.2 Å². The Bertz CT molecular complexity index is 1330. The average Bonchev–Trinajstić information content (AvgIpc) is 3.14. The molecule has 3 aromatic rings. The monoisotopic (exact) mass is 469 g/mol. The molecule has 166 valence electrons. The normalized spacial score (nSPS) is 11.8. The summed E-state index contributed by atoms with van der Waals surface area (Å²) in [4.78, 5) is 20.3. The molecular weight excluding hydrogens is 450 g/mol. The van der Waals surface area contributed by atoms with Crippen LogP contribution in [0.1, 0.15) is 6.92 Å². The van der Waals surface area contributed by atoms with Gasteiger partial charge >= 0.3 is 6.03 Å². The summed E-state index contributed by atoms with van der Waals surface area (Å²) in [5.41, 5.74) is 0.0921. The maximum Gasteiger partial charge on any atom is 0.334 e. The van der Waals surface area contributed by atoms with Crippen molar-refractivity contribution >= 4 is 37.4 Å². The van der Waals surface area contributed by atoms with Crippen LogP contribution in [-0.2, 0) is 19.9 Å². The Morgan fingerprint density at radius 3 is 2.48 bits per heavy atom. The lowest BCUT2D eigenvalue weighted by Crippen LogP contribution is -2.36. The number of fused-ring (bicyclic) bond motifs is 1. The van der Waals surface area contributed by atoms with Crippen molar-refractivity contribution in [2.75, 3.05) is 25.3 Å². The van der Waals surface area contributed by atoms with E-state index in [0.29, 0.717) is 5.75 Å². The van der Waals surface area contributed by atoms with Crippen LogP contribution in [0, 0.1) is 0 Å². The first-order valence-electron chi connectivity index (χ1n) is 8.75. The molecule has 31 heavy (non-hydrogen) atoms. The van der Waals surface area contributed by atoms with Gasteiger partial charge in [-0.1, -0.05) is 13.0 Å². The fourth-order valence-electron chi connectivity index (χ4n) is 2.62. The fourth-order valence-corrected chi connectivity index (χ4v) is 5.28. The molecular formula is C17H19N5O7S2. The van der Waals surface area contributed by atoms with Crippen LogP contribution in [0.4, 0.5) is 10.6 Å². The third kappa shape index (κ3) is 4.54. The molecule has 0 radical (unpaired) electrons. The van der Waals surface area contributed by atoms with Crippen molar-refractivity contribution in [1.82, 2.24) is 19.1 Å². The van der Waals surface area contributed by atoms with Crippen molar-refractivity contribution in [1.29, 1.82) is 0 Å². The topological polar surface area (TPSA) is 158 Å². The maximum absolute atomic E-state index is 13.0. The highest BCUT2D eigenvalue weighted by atomic mass is 32.2. The van der Waals surface area contributed by atoms with Gasteiger partial charge in [-0.2, -0.15) is 13.4 Å². The number of pyridine rings is 2. The zero-order valence-electron chi connectivity index (χ0n) is 16.7. The molecule has 0 unspecified atom stereocenters. The van der Waals surface area contributed by atoms with Crippen LogP contribution in [0.3, 0.4) is 0 Å². The van der Waals surface area contributed by atoms with Crippen LogP contribution >= 0.6 is 0 Å². The Kier molecular flexibility index (Phi) is 6.03. The van der Waals surface area contributed by atoms with E-state index in [1.807, 2.05) is 0 Å². The number of carbonyl (C=O) groups is 1. The first-order valence-corrected chi connectivity index (χ1v) is 11.9. The lowest BCUT2D eigenvalue weighted by atomic mass is 10.4. The van der Waals surface area contributed by atoms with Gasteiger partial charge in [0.05, 0.1) is 20.0 Å². The number of rotatable bonds is 7. The van der Waals surface area contributed by atoms with Gasteiger partial charge in [0.1, 0.15) is 17.2 Å². The second kappa shape index (κ2) is 8.39. The number of anilines is 1. The summed E-state index contributed by atoms with van der Waals surface area (Å²) < 4.78 is 63.8. The van der Waals surface area contributed by atoms with Crippen LogP contribution in [0.2, 0.25) is 0 Å². The lowest BCUT2D eigenvalue weighted by molar-refractivity contribution is 0.256. The van der Waals surface area contributed by atoms with Crippen LogP contribution in [0.15, 0.2) is 46.6 Å². The van der Waals surface area contributed by atoms with E-state index in [2.05, 4.69) is 15.3 Å². The predicted molar refractivity (Wildman–Crippen MR) is 110 cm³/mol. The number of imidazole rings is 1. The predicted octanol–water partition coefficient (Wildman–Crippen LogP) is 1.05. The Balaban J connectivity index is 1.99. The van der Waals surface area contributed by atoms with E-state index in [1.165, 1.54) is 51.6 Å². The Hall–Kier alpha value is -3.39. The third-order valence-electron chi connectivity index (χ3n) is 4.07. The number of hydrogen-bond acceptors (Lipinski definition) is 9. The number of urea groups is 1. The minimum absolute atomic E-state index is 0.0524. The van der Waals surface area contributed by atoms with Gasteiger partial charge in [0.25, 0.3) is 10.0 Å². The van der Waals surface area contributed by atoms with E-state index in [-0.39, 0.29) is 23.1 Å². The molecule has 3 aromatic heterocycles. The summed E-state index contributed by atoms with van der Waals surface area (Å²) in [6, 6.07) is 6.15. The molecule has 0 aliphatic heterocycles. The molecule has 3 rings (SSSR count). The highest BCUT2D eigenvalue weighted by Gasteiger charge is 2.33. The summed E-state index contributed by atoms with van der Waals surface area (Å²) in [6.45, 7) is 1.36. The SMILES string of the molecule is CCS(=O)(=O)c1nc2ccccn2c1S(=O)(=O)NC(=O)Nc1cc(OC)cc(OC)n1. The molecule has 0 bridgehead atoms. The number of nitrogens with zero attached hydrogens (tertiary/aromatic N) is 3. The standard InChI is InChI=1S/C17H19N5O7S2/c1-4-30(24,25)15-16(22-8-6-5-7-13(22)20-15)31(26,27)21-17(23)19-12-9-11(28-2)10-14(18-12)29-3/h5-10H,4H2,1-3H3,(H2,18,19,21,23). The number of sulfone groups is 1. The Morgan fingerprint density at radius 1 is 1.10 bits per heavy atom. The summed E-state index contributed by atoms with van der Waals surface area (Å²) in [5, 5.41) is 0.930. The lowest BCUT2D eigenvalue weighted by Gasteiger charge is -2.11. The van der Waals surface area contributed by atoms with Crippen LogP contribution in [0.25, 0.3) is 5.65 Å². The molecule has 0 atom stereocenters. The second-order valence-corrected chi connectivity index (χ2v) is 9.84. The van der Waals surface area contributed by atoms with Gasteiger partial charge in [-0.3, -0.25) is 9.72 Å². The van der Waals surface area contributed by atoms with Gasteiger partial charge in [0.2, 0.25) is 5.88 Å². The molecule has 12 nitrogen and oxygen atoms in total. The number of nitrogens with one attached hydrogen (secondary N) is 2. The van der Waals surface area contributed by atoms with E-state index in [4.69, 9.17) is 9.47 Å². The zero-order chi connectivity index (χ0) is 22.8. The molecule has 0 fully saturated rings. The summed E-state index contributed by atoms with van der Waals surface area (Å²) in [7, 11) is -5.91. The number of ether oxygens (including phenoxy) is 2. The van der Waals surface area contributed by atoms with E-state index in [1.54, 1.807) is 10.8 Å².